The Bertz CT molecular complexity index is 1580. The summed E-state index contributed by atoms with van der Waals surface area (Å²) in [6, 6.07) is 13.9. The Morgan fingerprint density at radius 2 is 1.77 bits per heavy atom. The van der Waals surface area contributed by atoms with Crippen LogP contribution in [0.1, 0.15) is 64.4 Å². The summed E-state index contributed by atoms with van der Waals surface area (Å²) in [5.74, 6) is -0.552. The Morgan fingerprint density at radius 1 is 1.00 bits per heavy atom. The van der Waals surface area contributed by atoms with Crippen molar-refractivity contribution < 1.29 is 19.2 Å². The fraction of sp³-hybridized carbons (Fsp3) is 0.281. The standard InChI is InChI=1S/C32H35N7O4/c1-2-11-39(43-20-21-5-9-26(33)10-6-21)32(42)24-14-22-7-8-23(16-28(22)37-29(34)17-24)30(40)36-27-15-25(18-35-19-27)31(41)38-12-3-4-13-38/h5-10,14-16,18-19H,2-4,11-13,17,20,33H2,1H3,(H2,34,37)(H,36,40). The molecule has 0 saturated carbocycles. The van der Waals surface area contributed by atoms with Crippen molar-refractivity contribution >= 4 is 46.7 Å². The lowest BCUT2D eigenvalue weighted by molar-refractivity contribution is -0.187. The Labute approximate surface area is 250 Å². The van der Waals surface area contributed by atoms with Gasteiger partial charge in [-0.15, -0.1) is 0 Å². The van der Waals surface area contributed by atoms with Gasteiger partial charge in [-0.05, 0) is 61.2 Å². The van der Waals surface area contributed by atoms with E-state index in [2.05, 4.69) is 15.3 Å². The summed E-state index contributed by atoms with van der Waals surface area (Å²) in [6.45, 7) is 4.02. The summed E-state index contributed by atoms with van der Waals surface area (Å²) in [6.07, 6.45) is 7.54. The first-order valence-electron chi connectivity index (χ1n) is 14.3. The minimum absolute atomic E-state index is 0.0961. The van der Waals surface area contributed by atoms with Crippen molar-refractivity contribution in [1.82, 2.24) is 14.9 Å². The molecule has 0 atom stereocenters. The summed E-state index contributed by atoms with van der Waals surface area (Å²) in [5.41, 5.74) is 16.2. The number of amides is 3. The molecule has 43 heavy (non-hydrogen) atoms. The molecule has 0 radical (unpaired) electrons. The number of anilines is 2. The van der Waals surface area contributed by atoms with Crippen LogP contribution in [0.25, 0.3) is 6.08 Å². The van der Waals surface area contributed by atoms with Gasteiger partial charge < -0.3 is 21.7 Å². The highest BCUT2D eigenvalue weighted by Gasteiger charge is 2.23. The molecule has 5 N–H and O–H groups in total. The van der Waals surface area contributed by atoms with Gasteiger partial charge in [0.25, 0.3) is 17.7 Å². The van der Waals surface area contributed by atoms with Gasteiger partial charge in [-0.25, -0.2) is 10.1 Å². The number of likely N-dealkylation sites (tertiary alicyclic amines) is 1. The zero-order valence-electron chi connectivity index (χ0n) is 24.1. The van der Waals surface area contributed by atoms with Crippen LogP contribution in [0.15, 0.2) is 71.5 Å². The number of hydroxylamine groups is 2. The van der Waals surface area contributed by atoms with E-state index in [1.54, 1.807) is 47.4 Å². The quantitative estimate of drug-likeness (QED) is 0.251. The zero-order valence-corrected chi connectivity index (χ0v) is 24.1. The normalized spacial score (nSPS) is 14.3. The molecule has 11 nitrogen and oxygen atoms in total. The third kappa shape index (κ3) is 7.25. The summed E-state index contributed by atoms with van der Waals surface area (Å²) in [7, 11) is 0. The molecule has 0 unspecified atom stereocenters. The van der Waals surface area contributed by atoms with Gasteiger partial charge in [-0.3, -0.25) is 24.2 Å². The van der Waals surface area contributed by atoms with Crippen LogP contribution in [0.4, 0.5) is 17.1 Å². The van der Waals surface area contributed by atoms with E-state index in [-0.39, 0.29) is 36.6 Å². The molecule has 1 saturated heterocycles. The monoisotopic (exact) mass is 581 g/mol. The molecule has 2 aliphatic rings. The first-order valence-corrected chi connectivity index (χ1v) is 14.3. The number of carbonyl (C=O) groups excluding carboxylic acids is 3. The van der Waals surface area contributed by atoms with Crippen LogP contribution >= 0.6 is 0 Å². The number of aliphatic imine (C=N–C) groups is 1. The first kappa shape index (κ1) is 29.5. The fourth-order valence-corrected chi connectivity index (χ4v) is 4.95. The van der Waals surface area contributed by atoms with E-state index in [0.717, 1.165) is 31.5 Å². The molecule has 2 aromatic carbocycles. The first-order chi connectivity index (χ1) is 20.8. The number of amidine groups is 1. The Balaban J connectivity index is 1.30. The van der Waals surface area contributed by atoms with E-state index >= 15 is 0 Å². The molecule has 0 bridgehead atoms. The highest BCUT2D eigenvalue weighted by atomic mass is 16.7. The zero-order chi connectivity index (χ0) is 30.3. The van der Waals surface area contributed by atoms with Crippen molar-refractivity contribution in [2.24, 2.45) is 10.7 Å². The number of hydrogen-bond donors (Lipinski definition) is 3. The minimum atomic E-state index is -0.390. The number of rotatable bonds is 9. The van der Waals surface area contributed by atoms with Gasteiger partial charge in [0, 0.05) is 54.6 Å². The van der Waals surface area contributed by atoms with E-state index in [4.69, 9.17) is 16.3 Å². The maximum Gasteiger partial charge on any atom is 0.273 e. The molecule has 222 valence electrons. The molecule has 2 aliphatic heterocycles. The van der Waals surface area contributed by atoms with Crippen LogP contribution in [-0.4, -0.2) is 58.1 Å². The lowest BCUT2D eigenvalue weighted by atomic mass is 10.0. The van der Waals surface area contributed by atoms with E-state index in [1.807, 2.05) is 19.1 Å². The summed E-state index contributed by atoms with van der Waals surface area (Å²) in [4.78, 5) is 55.7. The predicted molar refractivity (Wildman–Crippen MR) is 165 cm³/mol. The molecule has 1 fully saturated rings. The summed E-state index contributed by atoms with van der Waals surface area (Å²) < 4.78 is 0. The second kappa shape index (κ2) is 13.3. The van der Waals surface area contributed by atoms with Crippen LogP contribution in [0.2, 0.25) is 0 Å². The van der Waals surface area contributed by atoms with Crippen LogP contribution < -0.4 is 16.8 Å². The van der Waals surface area contributed by atoms with Gasteiger partial charge in [0.05, 0.1) is 23.1 Å². The van der Waals surface area contributed by atoms with Gasteiger partial charge in [0.2, 0.25) is 0 Å². The van der Waals surface area contributed by atoms with Crippen molar-refractivity contribution in [1.29, 1.82) is 0 Å². The number of nitrogens with zero attached hydrogens (tertiary/aromatic N) is 4. The third-order valence-corrected chi connectivity index (χ3v) is 7.19. The molecular weight excluding hydrogens is 546 g/mol. The van der Waals surface area contributed by atoms with Gasteiger partial charge in [0.1, 0.15) is 12.4 Å². The van der Waals surface area contributed by atoms with Crippen molar-refractivity contribution in [2.75, 3.05) is 30.7 Å². The smallest absolute Gasteiger partial charge is 0.273 e. The second-order valence-electron chi connectivity index (χ2n) is 10.6. The minimum Gasteiger partial charge on any atom is -0.399 e. The largest absolute Gasteiger partial charge is 0.399 e. The Morgan fingerprint density at radius 3 is 2.51 bits per heavy atom. The average Bonchev–Trinajstić information content (AvgIpc) is 3.49. The molecule has 0 spiro atoms. The van der Waals surface area contributed by atoms with Gasteiger partial charge in [-0.1, -0.05) is 25.1 Å². The van der Waals surface area contributed by atoms with E-state index in [0.29, 0.717) is 52.3 Å². The van der Waals surface area contributed by atoms with Gasteiger partial charge >= 0.3 is 0 Å². The number of benzene rings is 2. The molecule has 3 amide bonds. The number of aromatic nitrogens is 1. The van der Waals surface area contributed by atoms with Crippen molar-refractivity contribution in [3.8, 4) is 0 Å². The summed E-state index contributed by atoms with van der Waals surface area (Å²) >= 11 is 0. The number of fused-ring (bicyclic) bond motifs is 1. The molecule has 11 heteroatoms. The Hall–Kier alpha value is -5.03. The highest BCUT2D eigenvalue weighted by Crippen LogP contribution is 2.29. The van der Waals surface area contributed by atoms with Crippen molar-refractivity contribution in [3.05, 3.63) is 88.8 Å². The molecular formula is C32H35N7O4. The van der Waals surface area contributed by atoms with Crippen molar-refractivity contribution in [3.63, 3.8) is 0 Å². The Kier molecular flexibility index (Phi) is 9.11. The molecule has 3 heterocycles. The van der Waals surface area contributed by atoms with Crippen LogP contribution in [0.5, 0.6) is 0 Å². The van der Waals surface area contributed by atoms with Gasteiger partial charge in [-0.2, -0.15) is 0 Å². The lowest BCUT2D eigenvalue weighted by Gasteiger charge is -2.22. The number of nitrogen functional groups attached to an aromatic ring is 1. The number of hydrogen-bond acceptors (Lipinski definition) is 8. The third-order valence-electron chi connectivity index (χ3n) is 7.19. The summed E-state index contributed by atoms with van der Waals surface area (Å²) in [5, 5.41) is 4.16. The maximum absolute atomic E-state index is 13.5. The number of nitrogens with two attached hydrogens (primary N) is 2. The number of carbonyl (C=O) groups is 3. The second-order valence-corrected chi connectivity index (χ2v) is 10.6. The van der Waals surface area contributed by atoms with E-state index < -0.39 is 0 Å². The molecule has 1 aromatic heterocycles. The van der Waals surface area contributed by atoms with E-state index in [9.17, 15) is 14.4 Å². The predicted octanol–water partition coefficient (Wildman–Crippen LogP) is 4.30. The van der Waals surface area contributed by atoms with Crippen LogP contribution in [0, 0.1) is 0 Å². The number of nitrogens with one attached hydrogen (secondary N) is 1. The maximum atomic E-state index is 13.5. The molecule has 5 rings (SSSR count). The van der Waals surface area contributed by atoms with Crippen molar-refractivity contribution in [2.45, 2.75) is 39.2 Å². The van der Waals surface area contributed by atoms with Crippen LogP contribution in [-0.2, 0) is 16.2 Å². The van der Waals surface area contributed by atoms with E-state index in [1.165, 1.54) is 17.5 Å². The molecule has 3 aromatic rings. The number of pyridine rings is 1. The SMILES string of the molecule is CCCN(OCc1ccc(N)cc1)C(=O)C1=Cc2ccc(C(=O)Nc3cncc(C(=O)N4CCCC4)c3)cc2N=C(N)C1. The highest BCUT2D eigenvalue weighted by molar-refractivity contribution is 6.08. The van der Waals surface area contributed by atoms with Gasteiger partial charge in [0.15, 0.2) is 0 Å². The van der Waals surface area contributed by atoms with Crippen LogP contribution in [0.3, 0.4) is 0 Å². The molecule has 0 aliphatic carbocycles. The average molecular weight is 582 g/mol. The lowest BCUT2D eigenvalue weighted by Crippen LogP contribution is -2.34. The topological polar surface area (TPSA) is 156 Å². The fourth-order valence-electron chi connectivity index (χ4n) is 4.95.